The summed E-state index contributed by atoms with van der Waals surface area (Å²) in [6.45, 7) is 5.68. The van der Waals surface area contributed by atoms with Crippen molar-refractivity contribution >= 4 is 11.9 Å². The number of carbonyl (C=O) groups is 2. The van der Waals surface area contributed by atoms with Crippen molar-refractivity contribution in [2.24, 2.45) is 0 Å². The van der Waals surface area contributed by atoms with Gasteiger partial charge in [-0.3, -0.25) is 4.79 Å². The molecule has 1 rings (SSSR count). The average Bonchev–Trinajstić information content (AvgIpc) is 2.45. The molecular weight excluding hydrogens is 248 g/mol. The summed E-state index contributed by atoms with van der Waals surface area (Å²) in [5.41, 5.74) is -0.915. The Bertz CT molecular complexity index is 310. The van der Waals surface area contributed by atoms with Gasteiger partial charge in [0.25, 0.3) is 0 Å². The topological polar surface area (TPSA) is 76.7 Å². The van der Waals surface area contributed by atoms with Crippen LogP contribution in [0.25, 0.3) is 0 Å². The maximum absolute atomic E-state index is 12.1. The first kappa shape index (κ1) is 15.9. The molecule has 1 fully saturated rings. The van der Waals surface area contributed by atoms with Crippen LogP contribution < -0.4 is 10.6 Å². The fraction of sp³-hybridized carbons (Fsp3) is 0.846. The third-order valence-corrected chi connectivity index (χ3v) is 3.59. The maximum atomic E-state index is 12.1. The van der Waals surface area contributed by atoms with Crippen LogP contribution >= 0.6 is 0 Å². The molecule has 1 aliphatic heterocycles. The summed E-state index contributed by atoms with van der Waals surface area (Å²) in [5.74, 6) is -0.546. The molecule has 0 saturated carbocycles. The maximum Gasteiger partial charge on any atom is 0.331 e. The van der Waals surface area contributed by atoms with Crippen molar-refractivity contribution < 1.29 is 19.1 Å². The van der Waals surface area contributed by atoms with E-state index in [2.05, 4.69) is 10.6 Å². The average molecular weight is 272 g/mol. The summed E-state index contributed by atoms with van der Waals surface area (Å²) >= 11 is 0. The smallest absolute Gasteiger partial charge is 0.331 e. The number of nitrogens with one attached hydrogen (secondary N) is 2. The van der Waals surface area contributed by atoms with Gasteiger partial charge in [0, 0.05) is 19.0 Å². The van der Waals surface area contributed by atoms with Crippen molar-refractivity contribution in [3.8, 4) is 0 Å². The minimum atomic E-state index is -0.915. The number of hydrogen-bond donors (Lipinski definition) is 2. The van der Waals surface area contributed by atoms with Crippen LogP contribution in [0, 0.1) is 0 Å². The third-order valence-electron chi connectivity index (χ3n) is 3.59. The second-order valence-corrected chi connectivity index (χ2v) is 4.76. The van der Waals surface area contributed by atoms with E-state index < -0.39 is 11.5 Å². The summed E-state index contributed by atoms with van der Waals surface area (Å²) in [7, 11) is 1.34. The molecule has 0 aromatic heterocycles. The Morgan fingerprint density at radius 3 is 2.58 bits per heavy atom. The predicted molar refractivity (Wildman–Crippen MR) is 70.7 cm³/mol. The first-order valence-corrected chi connectivity index (χ1v) is 6.78. The van der Waals surface area contributed by atoms with Crippen molar-refractivity contribution in [1.82, 2.24) is 10.6 Å². The molecule has 19 heavy (non-hydrogen) atoms. The summed E-state index contributed by atoms with van der Waals surface area (Å²) < 4.78 is 10.1. The third kappa shape index (κ3) is 4.18. The zero-order valence-corrected chi connectivity index (χ0v) is 12.0. The van der Waals surface area contributed by atoms with Crippen LogP contribution in [-0.2, 0) is 19.1 Å². The number of esters is 1. The number of morpholine rings is 1. The Morgan fingerprint density at radius 1 is 1.42 bits per heavy atom. The lowest BCUT2D eigenvalue weighted by atomic mass is 9.92. The number of ether oxygens (including phenoxy) is 2. The van der Waals surface area contributed by atoms with E-state index in [1.54, 1.807) is 0 Å². The van der Waals surface area contributed by atoms with Gasteiger partial charge in [-0.05, 0) is 12.8 Å². The summed E-state index contributed by atoms with van der Waals surface area (Å²) in [6, 6.07) is 0.0119. The van der Waals surface area contributed by atoms with E-state index in [0.717, 1.165) is 6.54 Å². The van der Waals surface area contributed by atoms with Gasteiger partial charge in [-0.15, -0.1) is 0 Å². The molecule has 0 radical (unpaired) electrons. The van der Waals surface area contributed by atoms with Gasteiger partial charge in [0.15, 0.2) is 0 Å². The standard InChI is InChI=1S/C13H24N2O4/c1-4-13(5-2,12(17)18-3)15-11(16)8-10-9-19-7-6-14-10/h10,14H,4-9H2,1-3H3,(H,15,16). The van der Waals surface area contributed by atoms with Gasteiger partial charge in [-0.25, -0.2) is 4.79 Å². The minimum Gasteiger partial charge on any atom is -0.467 e. The van der Waals surface area contributed by atoms with Gasteiger partial charge in [-0.2, -0.15) is 0 Å². The van der Waals surface area contributed by atoms with E-state index in [1.165, 1.54) is 7.11 Å². The van der Waals surface area contributed by atoms with Crippen molar-refractivity contribution in [2.45, 2.75) is 44.7 Å². The Hall–Kier alpha value is -1.14. The monoisotopic (exact) mass is 272 g/mol. The van der Waals surface area contributed by atoms with Crippen LogP contribution in [0.2, 0.25) is 0 Å². The van der Waals surface area contributed by atoms with Crippen LogP contribution in [0.1, 0.15) is 33.1 Å². The molecule has 6 nitrogen and oxygen atoms in total. The molecule has 0 aromatic rings. The van der Waals surface area contributed by atoms with Gasteiger partial charge in [-0.1, -0.05) is 13.8 Å². The quantitative estimate of drug-likeness (QED) is 0.676. The largest absolute Gasteiger partial charge is 0.467 e. The second-order valence-electron chi connectivity index (χ2n) is 4.76. The lowest BCUT2D eigenvalue weighted by Crippen LogP contribution is -2.55. The fourth-order valence-corrected chi connectivity index (χ4v) is 2.25. The van der Waals surface area contributed by atoms with Gasteiger partial charge >= 0.3 is 5.97 Å². The molecule has 1 saturated heterocycles. The molecule has 0 bridgehead atoms. The fourth-order valence-electron chi connectivity index (χ4n) is 2.25. The summed E-state index contributed by atoms with van der Waals surface area (Å²) in [5, 5.41) is 6.03. The van der Waals surface area contributed by atoms with Gasteiger partial charge < -0.3 is 20.1 Å². The van der Waals surface area contributed by atoms with E-state index in [9.17, 15) is 9.59 Å². The summed E-state index contributed by atoms with van der Waals surface area (Å²) in [4.78, 5) is 23.9. The van der Waals surface area contributed by atoms with Crippen molar-refractivity contribution in [3.05, 3.63) is 0 Å². The molecule has 2 N–H and O–H groups in total. The molecule has 0 aliphatic carbocycles. The van der Waals surface area contributed by atoms with Gasteiger partial charge in [0.1, 0.15) is 5.54 Å². The summed E-state index contributed by atoms with van der Waals surface area (Å²) in [6.07, 6.45) is 1.33. The zero-order chi connectivity index (χ0) is 14.3. The number of methoxy groups -OCH3 is 1. The van der Waals surface area contributed by atoms with Crippen LogP contribution in [0.3, 0.4) is 0 Å². The van der Waals surface area contributed by atoms with Crippen molar-refractivity contribution in [3.63, 3.8) is 0 Å². The number of hydrogen-bond acceptors (Lipinski definition) is 5. The second kappa shape index (κ2) is 7.45. The van der Waals surface area contributed by atoms with E-state index in [-0.39, 0.29) is 11.9 Å². The Kier molecular flexibility index (Phi) is 6.24. The molecule has 0 aromatic carbocycles. The SMILES string of the molecule is CCC(CC)(NC(=O)CC1COCCN1)C(=O)OC. The zero-order valence-electron chi connectivity index (χ0n) is 12.0. The first-order valence-electron chi connectivity index (χ1n) is 6.78. The molecule has 1 amide bonds. The molecule has 1 aliphatic rings. The Morgan fingerprint density at radius 2 is 2.11 bits per heavy atom. The molecule has 1 atom stereocenters. The number of amides is 1. The Labute approximate surface area is 114 Å². The van der Waals surface area contributed by atoms with Crippen molar-refractivity contribution in [2.75, 3.05) is 26.9 Å². The van der Waals surface area contributed by atoms with Crippen LogP contribution in [0.5, 0.6) is 0 Å². The highest BCUT2D eigenvalue weighted by molar-refractivity contribution is 5.88. The minimum absolute atomic E-state index is 0.0119. The predicted octanol–water partition coefficient (Wildman–Crippen LogP) is 0.213. The van der Waals surface area contributed by atoms with E-state index in [4.69, 9.17) is 9.47 Å². The number of rotatable bonds is 6. The lowest BCUT2D eigenvalue weighted by molar-refractivity contribution is -0.151. The highest BCUT2D eigenvalue weighted by Gasteiger charge is 2.37. The highest BCUT2D eigenvalue weighted by atomic mass is 16.5. The Balaban J connectivity index is 2.58. The van der Waals surface area contributed by atoms with Gasteiger partial charge in [0.05, 0.1) is 20.3 Å². The highest BCUT2D eigenvalue weighted by Crippen LogP contribution is 2.17. The van der Waals surface area contributed by atoms with E-state index in [0.29, 0.717) is 32.5 Å². The molecule has 110 valence electrons. The molecule has 6 heteroatoms. The van der Waals surface area contributed by atoms with Crippen LogP contribution in [0.4, 0.5) is 0 Å². The van der Waals surface area contributed by atoms with Crippen LogP contribution in [0.15, 0.2) is 0 Å². The lowest BCUT2D eigenvalue weighted by Gasteiger charge is -2.31. The molecule has 1 heterocycles. The molecule has 1 unspecified atom stereocenters. The first-order chi connectivity index (χ1) is 9.07. The van der Waals surface area contributed by atoms with Crippen molar-refractivity contribution in [1.29, 1.82) is 0 Å². The van der Waals surface area contributed by atoms with Gasteiger partial charge in [0.2, 0.25) is 5.91 Å². The van der Waals surface area contributed by atoms with E-state index in [1.807, 2.05) is 13.8 Å². The number of carbonyl (C=O) groups excluding carboxylic acids is 2. The molecule has 0 spiro atoms. The molecular formula is C13H24N2O4. The normalized spacial score (nSPS) is 19.8. The van der Waals surface area contributed by atoms with Crippen LogP contribution in [-0.4, -0.2) is 50.3 Å². The van der Waals surface area contributed by atoms with E-state index >= 15 is 0 Å².